The van der Waals surface area contributed by atoms with Crippen molar-refractivity contribution in [3.05, 3.63) is 35.9 Å². The number of likely N-dealkylation sites (tertiary alicyclic amines) is 1. The monoisotopic (exact) mass is 417 g/mol. The van der Waals surface area contributed by atoms with E-state index in [9.17, 15) is 14.4 Å². The van der Waals surface area contributed by atoms with Gasteiger partial charge in [0.05, 0.1) is 13.0 Å². The number of rotatable bonds is 6. The Bertz CT molecular complexity index is 784. The number of carbonyl (C=O) groups is 3. The second-order valence-corrected chi connectivity index (χ2v) is 8.41. The first-order valence-corrected chi connectivity index (χ1v) is 10.3. The summed E-state index contributed by atoms with van der Waals surface area (Å²) in [5.74, 6) is -1.97. The molecule has 2 N–H and O–H groups in total. The van der Waals surface area contributed by atoms with Gasteiger partial charge in [-0.3, -0.25) is 9.59 Å². The Kier molecular flexibility index (Phi) is 6.77. The van der Waals surface area contributed by atoms with Crippen LogP contribution in [-0.4, -0.2) is 73.0 Å². The van der Waals surface area contributed by atoms with E-state index in [-0.39, 0.29) is 31.1 Å². The average Bonchev–Trinajstić information content (AvgIpc) is 3.07. The molecule has 1 aliphatic heterocycles. The van der Waals surface area contributed by atoms with Crippen LogP contribution in [-0.2, 0) is 30.5 Å². The molecule has 1 saturated heterocycles. The van der Waals surface area contributed by atoms with Crippen molar-refractivity contribution in [2.24, 2.45) is 11.7 Å². The zero-order valence-electron chi connectivity index (χ0n) is 17.9. The minimum atomic E-state index is -1.71. The van der Waals surface area contributed by atoms with Gasteiger partial charge in [0.1, 0.15) is 6.61 Å². The molecule has 2 aliphatic rings. The van der Waals surface area contributed by atoms with E-state index < -0.39 is 23.3 Å². The third kappa shape index (κ3) is 4.34. The first-order valence-electron chi connectivity index (χ1n) is 10.3. The topological polar surface area (TPSA) is 102 Å². The highest BCUT2D eigenvalue weighted by molar-refractivity contribution is 6.08. The molecule has 0 bridgehead atoms. The van der Waals surface area contributed by atoms with Crippen LogP contribution in [0.3, 0.4) is 0 Å². The fourth-order valence-electron chi connectivity index (χ4n) is 4.50. The summed E-state index contributed by atoms with van der Waals surface area (Å²) in [6, 6.07) is 9.15. The van der Waals surface area contributed by atoms with Crippen molar-refractivity contribution in [3.63, 3.8) is 0 Å². The molecule has 1 amide bonds. The van der Waals surface area contributed by atoms with E-state index in [1.54, 1.807) is 4.90 Å². The zero-order chi connectivity index (χ0) is 21.9. The summed E-state index contributed by atoms with van der Waals surface area (Å²) in [6.07, 6.45) is 2.28. The average molecular weight is 418 g/mol. The van der Waals surface area contributed by atoms with Crippen LogP contribution in [0.4, 0.5) is 0 Å². The van der Waals surface area contributed by atoms with Gasteiger partial charge in [-0.05, 0) is 38.9 Å². The van der Waals surface area contributed by atoms with Crippen molar-refractivity contribution in [2.75, 3.05) is 27.7 Å². The van der Waals surface area contributed by atoms with E-state index in [1.165, 1.54) is 7.11 Å². The second kappa shape index (κ2) is 9.14. The molecular weight excluding hydrogens is 386 g/mol. The van der Waals surface area contributed by atoms with E-state index >= 15 is 0 Å². The number of nitrogens with two attached hydrogens (primary N) is 1. The third-order valence-electron chi connectivity index (χ3n) is 6.39. The third-order valence-corrected chi connectivity index (χ3v) is 6.39. The van der Waals surface area contributed by atoms with Crippen molar-refractivity contribution in [2.45, 2.75) is 49.9 Å². The number of hydrogen-bond acceptors (Lipinski definition) is 7. The van der Waals surface area contributed by atoms with Gasteiger partial charge in [0, 0.05) is 25.0 Å². The molecule has 164 valence electrons. The van der Waals surface area contributed by atoms with E-state index in [4.69, 9.17) is 15.2 Å². The SMILES string of the molecule is COC(=O)C1CC(N(C)C)CCC1N1CC[C@@](N)(C(=O)OCc2ccccc2)C1=O. The van der Waals surface area contributed by atoms with Gasteiger partial charge in [-0.2, -0.15) is 0 Å². The predicted octanol–water partition coefficient (Wildman–Crippen LogP) is 0.932. The van der Waals surface area contributed by atoms with E-state index in [1.807, 2.05) is 44.4 Å². The summed E-state index contributed by atoms with van der Waals surface area (Å²) in [7, 11) is 5.32. The molecular formula is C22H31N3O5. The standard InChI is InChI=1S/C22H31N3O5/c1-24(2)16-9-10-18(17(13-16)19(26)29-3)25-12-11-22(23,20(25)27)21(28)30-14-15-7-5-4-6-8-15/h4-8,16-18H,9-14,23H2,1-3H3/t16?,17?,18?,22-/m0/s1. The van der Waals surface area contributed by atoms with Crippen LogP contribution in [0.5, 0.6) is 0 Å². The lowest BCUT2D eigenvalue weighted by Crippen LogP contribution is -2.58. The van der Waals surface area contributed by atoms with Crippen LogP contribution in [0, 0.1) is 5.92 Å². The number of esters is 2. The molecule has 1 saturated carbocycles. The van der Waals surface area contributed by atoms with E-state index in [0.29, 0.717) is 19.4 Å². The highest BCUT2D eigenvalue weighted by atomic mass is 16.5. The smallest absolute Gasteiger partial charge is 0.336 e. The maximum atomic E-state index is 13.2. The van der Waals surface area contributed by atoms with E-state index in [2.05, 4.69) is 4.90 Å². The summed E-state index contributed by atoms with van der Waals surface area (Å²) in [5.41, 5.74) is 5.36. The van der Waals surface area contributed by atoms with Crippen molar-refractivity contribution in [1.29, 1.82) is 0 Å². The molecule has 8 nitrogen and oxygen atoms in total. The quantitative estimate of drug-likeness (QED) is 0.543. The number of hydrogen-bond donors (Lipinski definition) is 1. The molecule has 1 aliphatic carbocycles. The Morgan fingerprint density at radius 2 is 1.93 bits per heavy atom. The Labute approximate surface area is 177 Å². The molecule has 30 heavy (non-hydrogen) atoms. The van der Waals surface area contributed by atoms with Crippen molar-refractivity contribution >= 4 is 17.8 Å². The van der Waals surface area contributed by atoms with Crippen LogP contribution in [0.1, 0.15) is 31.2 Å². The molecule has 0 spiro atoms. The molecule has 2 fully saturated rings. The van der Waals surface area contributed by atoms with Gasteiger partial charge in [0.2, 0.25) is 0 Å². The molecule has 0 radical (unpaired) electrons. The number of methoxy groups -OCH3 is 1. The van der Waals surface area contributed by atoms with Gasteiger partial charge in [-0.25, -0.2) is 4.79 Å². The summed E-state index contributed by atoms with van der Waals surface area (Å²) in [4.78, 5) is 42.0. The van der Waals surface area contributed by atoms with Gasteiger partial charge in [0.15, 0.2) is 5.54 Å². The lowest BCUT2D eigenvalue weighted by molar-refractivity contribution is -0.158. The Balaban J connectivity index is 1.70. The normalized spacial score (nSPS) is 29.2. The zero-order valence-corrected chi connectivity index (χ0v) is 17.9. The number of carbonyl (C=O) groups excluding carboxylic acids is 3. The van der Waals surface area contributed by atoms with Crippen LogP contribution in [0.25, 0.3) is 0 Å². The fourth-order valence-corrected chi connectivity index (χ4v) is 4.50. The molecule has 4 atom stereocenters. The predicted molar refractivity (Wildman–Crippen MR) is 110 cm³/mol. The molecule has 8 heteroatoms. The minimum absolute atomic E-state index is 0.0602. The summed E-state index contributed by atoms with van der Waals surface area (Å²) in [6.45, 7) is 0.380. The molecule has 3 unspecified atom stereocenters. The van der Waals surface area contributed by atoms with Crippen molar-refractivity contribution in [1.82, 2.24) is 9.80 Å². The van der Waals surface area contributed by atoms with E-state index in [0.717, 1.165) is 12.0 Å². The molecule has 1 heterocycles. The van der Waals surface area contributed by atoms with Crippen molar-refractivity contribution in [3.8, 4) is 0 Å². The van der Waals surface area contributed by atoms with Crippen LogP contribution in [0.15, 0.2) is 30.3 Å². The van der Waals surface area contributed by atoms with Crippen molar-refractivity contribution < 1.29 is 23.9 Å². The van der Waals surface area contributed by atoms with Gasteiger partial charge >= 0.3 is 11.9 Å². The summed E-state index contributed by atoms with van der Waals surface area (Å²) >= 11 is 0. The van der Waals surface area contributed by atoms with Crippen LogP contribution >= 0.6 is 0 Å². The highest BCUT2D eigenvalue weighted by Gasteiger charge is 2.54. The number of nitrogens with zero attached hydrogens (tertiary/aromatic N) is 2. The van der Waals surface area contributed by atoms with Gasteiger partial charge in [0.25, 0.3) is 5.91 Å². The molecule has 3 rings (SSSR count). The molecule has 1 aromatic rings. The molecule has 0 aromatic heterocycles. The van der Waals surface area contributed by atoms with Crippen LogP contribution in [0.2, 0.25) is 0 Å². The first-order chi connectivity index (χ1) is 14.3. The Hall–Kier alpha value is -2.45. The highest BCUT2D eigenvalue weighted by Crippen LogP contribution is 2.36. The van der Waals surface area contributed by atoms with Crippen LogP contribution < -0.4 is 5.73 Å². The van der Waals surface area contributed by atoms with Gasteiger partial charge < -0.3 is 25.0 Å². The maximum Gasteiger partial charge on any atom is 0.336 e. The lowest BCUT2D eigenvalue weighted by atomic mass is 9.80. The number of amides is 1. The Morgan fingerprint density at radius 3 is 2.57 bits per heavy atom. The maximum absolute atomic E-state index is 13.2. The summed E-state index contributed by atoms with van der Waals surface area (Å²) < 4.78 is 10.4. The largest absolute Gasteiger partial charge is 0.469 e. The van der Waals surface area contributed by atoms with Gasteiger partial charge in [-0.1, -0.05) is 30.3 Å². The lowest BCUT2D eigenvalue weighted by Gasteiger charge is -2.41. The Morgan fingerprint density at radius 1 is 1.23 bits per heavy atom. The number of ether oxygens (including phenoxy) is 2. The molecule has 1 aromatic carbocycles. The fraction of sp³-hybridized carbons (Fsp3) is 0.591. The second-order valence-electron chi connectivity index (χ2n) is 8.41. The number of benzene rings is 1. The van der Waals surface area contributed by atoms with Gasteiger partial charge in [-0.15, -0.1) is 0 Å². The first kappa shape index (κ1) is 22.2. The summed E-state index contributed by atoms with van der Waals surface area (Å²) in [5, 5.41) is 0. The minimum Gasteiger partial charge on any atom is -0.469 e.